The molecule has 1 heterocycles. The van der Waals surface area contributed by atoms with Crippen molar-refractivity contribution in [2.24, 2.45) is 0 Å². The van der Waals surface area contributed by atoms with Crippen LogP contribution in [0.25, 0.3) is 11.0 Å². The number of rotatable bonds is 4. The number of unbranched alkanes of at least 4 members (excludes halogenated alkanes) is 1. The van der Waals surface area contributed by atoms with Crippen LogP contribution in [0.2, 0.25) is 0 Å². The van der Waals surface area contributed by atoms with Crippen molar-refractivity contribution < 1.29 is 9.18 Å². The second-order valence-corrected chi connectivity index (χ2v) is 4.47. The average Bonchev–Trinajstić information content (AvgIpc) is 2.68. The van der Waals surface area contributed by atoms with Gasteiger partial charge in [-0.1, -0.05) is 13.3 Å². The number of hydrogen-bond acceptors (Lipinski definition) is 2. The number of benzene rings is 1. The van der Waals surface area contributed by atoms with Crippen LogP contribution in [0, 0.1) is 10.6 Å². The zero-order valence-corrected chi connectivity index (χ0v) is 10.8. The lowest BCUT2D eigenvalue weighted by Gasteiger charge is -2.05. The molecule has 3 N–H and O–H groups in total. The Hall–Kier alpha value is -1.69. The van der Waals surface area contributed by atoms with Gasteiger partial charge in [-0.15, -0.1) is 0 Å². The average molecular weight is 267 g/mol. The van der Waals surface area contributed by atoms with E-state index < -0.39 is 5.82 Å². The number of aromatic amines is 2. The van der Waals surface area contributed by atoms with E-state index in [1.165, 1.54) is 12.1 Å². The van der Waals surface area contributed by atoms with Crippen LogP contribution in [-0.2, 0) is 0 Å². The molecule has 0 saturated heterocycles. The van der Waals surface area contributed by atoms with Gasteiger partial charge in [0, 0.05) is 6.54 Å². The number of halogens is 1. The summed E-state index contributed by atoms with van der Waals surface area (Å²) in [6, 6.07) is 2.52. The molecule has 0 aliphatic heterocycles. The van der Waals surface area contributed by atoms with Gasteiger partial charge in [-0.25, -0.2) is 4.39 Å². The van der Waals surface area contributed by atoms with Crippen LogP contribution in [0.3, 0.4) is 0 Å². The van der Waals surface area contributed by atoms with Crippen molar-refractivity contribution in [2.45, 2.75) is 19.8 Å². The molecule has 1 aromatic heterocycles. The van der Waals surface area contributed by atoms with Gasteiger partial charge in [-0.3, -0.25) is 4.79 Å². The summed E-state index contributed by atoms with van der Waals surface area (Å²) in [5.74, 6) is -0.758. The molecule has 0 bridgehead atoms. The maximum atomic E-state index is 13.4. The summed E-state index contributed by atoms with van der Waals surface area (Å²) >= 11 is 4.94. The minimum atomic E-state index is -0.464. The van der Waals surface area contributed by atoms with Crippen LogP contribution in [0.4, 0.5) is 4.39 Å². The third kappa shape index (κ3) is 2.59. The van der Waals surface area contributed by atoms with Gasteiger partial charge in [0.15, 0.2) is 4.77 Å². The topological polar surface area (TPSA) is 60.7 Å². The van der Waals surface area contributed by atoms with E-state index in [0.29, 0.717) is 22.3 Å². The van der Waals surface area contributed by atoms with Crippen molar-refractivity contribution in [3.05, 3.63) is 28.3 Å². The second kappa shape index (κ2) is 5.30. The van der Waals surface area contributed by atoms with Crippen molar-refractivity contribution in [2.75, 3.05) is 6.54 Å². The number of fused-ring (bicyclic) bond motifs is 1. The highest BCUT2D eigenvalue weighted by molar-refractivity contribution is 7.71. The van der Waals surface area contributed by atoms with Crippen LogP contribution in [0.1, 0.15) is 30.1 Å². The van der Waals surface area contributed by atoms with Crippen molar-refractivity contribution in [1.29, 1.82) is 0 Å². The van der Waals surface area contributed by atoms with Crippen molar-refractivity contribution >= 4 is 29.2 Å². The van der Waals surface area contributed by atoms with E-state index >= 15 is 0 Å². The minimum absolute atomic E-state index is 0.272. The van der Waals surface area contributed by atoms with Crippen LogP contribution in [0.15, 0.2) is 12.1 Å². The monoisotopic (exact) mass is 267 g/mol. The van der Waals surface area contributed by atoms with Gasteiger partial charge in [0.25, 0.3) is 5.91 Å². The zero-order valence-electron chi connectivity index (χ0n) is 9.97. The summed E-state index contributed by atoms with van der Waals surface area (Å²) in [5, 5.41) is 2.75. The summed E-state index contributed by atoms with van der Waals surface area (Å²) in [6.07, 6.45) is 1.89. The molecule has 1 amide bonds. The standard InChI is InChI=1S/C12H14FN3OS/c1-2-3-4-14-11(17)8-5-7(13)6-9-10(8)16-12(18)15-9/h5-6H,2-4H2,1H3,(H,14,17)(H2,15,16,18). The first kappa shape index (κ1) is 12.8. The first-order chi connectivity index (χ1) is 8.61. The number of amides is 1. The maximum Gasteiger partial charge on any atom is 0.253 e. The molecule has 0 aliphatic rings. The number of aromatic nitrogens is 2. The third-order valence-corrected chi connectivity index (χ3v) is 2.85. The van der Waals surface area contributed by atoms with Gasteiger partial charge in [0.1, 0.15) is 5.82 Å². The molecule has 0 spiro atoms. The molecule has 0 unspecified atom stereocenters. The lowest BCUT2D eigenvalue weighted by molar-refractivity contribution is 0.0954. The zero-order chi connectivity index (χ0) is 13.1. The number of carbonyl (C=O) groups is 1. The fourth-order valence-corrected chi connectivity index (χ4v) is 1.97. The first-order valence-corrected chi connectivity index (χ1v) is 6.22. The van der Waals surface area contributed by atoms with E-state index in [-0.39, 0.29) is 11.5 Å². The Bertz CT molecular complexity index is 632. The van der Waals surface area contributed by atoms with Gasteiger partial charge >= 0.3 is 0 Å². The molecule has 6 heteroatoms. The molecule has 0 aliphatic carbocycles. The molecule has 0 radical (unpaired) electrons. The SMILES string of the molecule is CCCCNC(=O)c1cc(F)cc2[nH]c(=S)[nH]c12. The number of nitrogens with one attached hydrogen (secondary N) is 3. The fraction of sp³-hybridized carbons (Fsp3) is 0.333. The molecule has 4 nitrogen and oxygen atoms in total. The van der Waals surface area contributed by atoms with Crippen molar-refractivity contribution in [3.63, 3.8) is 0 Å². The Morgan fingerprint density at radius 2 is 2.22 bits per heavy atom. The van der Waals surface area contributed by atoms with E-state index in [4.69, 9.17) is 12.2 Å². The molecular formula is C12H14FN3OS. The molecule has 0 fully saturated rings. The Labute approximate surface area is 109 Å². The molecule has 96 valence electrons. The molecular weight excluding hydrogens is 253 g/mol. The Morgan fingerprint density at radius 1 is 1.44 bits per heavy atom. The lowest BCUT2D eigenvalue weighted by atomic mass is 10.1. The van der Waals surface area contributed by atoms with E-state index in [0.717, 1.165) is 12.8 Å². The smallest absolute Gasteiger partial charge is 0.253 e. The summed E-state index contributed by atoms with van der Waals surface area (Å²) < 4.78 is 13.8. The Kier molecular flexibility index (Phi) is 3.76. The highest BCUT2D eigenvalue weighted by Gasteiger charge is 2.13. The predicted molar refractivity (Wildman–Crippen MR) is 70.7 cm³/mol. The number of hydrogen-bond donors (Lipinski definition) is 3. The van der Waals surface area contributed by atoms with Gasteiger partial charge in [0.2, 0.25) is 0 Å². The summed E-state index contributed by atoms with van der Waals surface area (Å²) in [7, 11) is 0. The minimum Gasteiger partial charge on any atom is -0.352 e. The van der Waals surface area contributed by atoms with Crippen LogP contribution < -0.4 is 5.32 Å². The fourth-order valence-electron chi connectivity index (χ4n) is 1.76. The number of H-pyrrole nitrogens is 2. The van der Waals surface area contributed by atoms with Crippen molar-refractivity contribution in [3.8, 4) is 0 Å². The largest absolute Gasteiger partial charge is 0.352 e. The quantitative estimate of drug-likeness (QED) is 0.589. The highest BCUT2D eigenvalue weighted by Crippen LogP contribution is 2.17. The molecule has 18 heavy (non-hydrogen) atoms. The summed E-state index contributed by atoms with van der Waals surface area (Å²) in [6.45, 7) is 2.62. The molecule has 0 saturated carbocycles. The third-order valence-electron chi connectivity index (χ3n) is 2.65. The van der Waals surface area contributed by atoms with E-state index in [9.17, 15) is 9.18 Å². The lowest BCUT2D eigenvalue weighted by Crippen LogP contribution is -2.24. The van der Waals surface area contributed by atoms with Gasteiger partial charge in [0.05, 0.1) is 16.6 Å². The van der Waals surface area contributed by atoms with Crippen molar-refractivity contribution in [1.82, 2.24) is 15.3 Å². The second-order valence-electron chi connectivity index (χ2n) is 4.06. The molecule has 2 rings (SSSR count). The van der Waals surface area contributed by atoms with E-state index in [2.05, 4.69) is 15.3 Å². The number of carbonyl (C=O) groups excluding carboxylic acids is 1. The van der Waals surface area contributed by atoms with E-state index in [1.54, 1.807) is 0 Å². The normalized spacial score (nSPS) is 10.8. The summed E-state index contributed by atoms with van der Waals surface area (Å²) in [4.78, 5) is 17.6. The Morgan fingerprint density at radius 3 is 2.94 bits per heavy atom. The number of imidazole rings is 1. The summed E-state index contributed by atoms with van der Waals surface area (Å²) in [5.41, 5.74) is 1.31. The van der Waals surface area contributed by atoms with Crippen LogP contribution in [-0.4, -0.2) is 22.4 Å². The molecule has 1 aromatic carbocycles. The van der Waals surface area contributed by atoms with Crippen LogP contribution >= 0.6 is 12.2 Å². The maximum absolute atomic E-state index is 13.4. The Balaban J connectivity index is 2.36. The van der Waals surface area contributed by atoms with Gasteiger partial charge in [-0.05, 0) is 30.8 Å². The first-order valence-electron chi connectivity index (χ1n) is 5.81. The molecule has 0 atom stereocenters. The van der Waals surface area contributed by atoms with Gasteiger partial charge in [-0.2, -0.15) is 0 Å². The van der Waals surface area contributed by atoms with Gasteiger partial charge < -0.3 is 15.3 Å². The van der Waals surface area contributed by atoms with E-state index in [1.807, 2.05) is 6.92 Å². The molecule has 2 aromatic rings. The highest BCUT2D eigenvalue weighted by atomic mass is 32.1. The predicted octanol–water partition coefficient (Wildman–Crippen LogP) is 2.89. The van der Waals surface area contributed by atoms with Crippen LogP contribution in [0.5, 0.6) is 0 Å².